The molecule has 1 aliphatic rings. The van der Waals surface area contributed by atoms with Crippen LogP contribution in [-0.4, -0.2) is 42.7 Å². The molecular formula is C28H27F3N4O4. The van der Waals surface area contributed by atoms with Gasteiger partial charge in [-0.3, -0.25) is 0 Å². The highest BCUT2D eigenvalue weighted by molar-refractivity contribution is 5.84. The first-order valence-electron chi connectivity index (χ1n) is 12.2. The lowest BCUT2D eigenvalue weighted by Gasteiger charge is -2.43. The summed E-state index contributed by atoms with van der Waals surface area (Å²) in [4.78, 5) is 6.49. The maximum absolute atomic E-state index is 14.0. The lowest BCUT2D eigenvalue weighted by atomic mass is 9.97. The van der Waals surface area contributed by atoms with Crippen LogP contribution in [0.15, 0.2) is 101 Å². The molecule has 0 radical (unpaired) electrons. The minimum Gasteiger partial charge on any atom is -0.444 e. The first-order chi connectivity index (χ1) is 18.8. The molecule has 4 rings (SSSR count). The van der Waals surface area contributed by atoms with Crippen LogP contribution < -0.4 is 0 Å². The largest absolute Gasteiger partial charge is 0.468 e. The van der Waals surface area contributed by atoms with Gasteiger partial charge in [0.1, 0.15) is 18.2 Å². The van der Waals surface area contributed by atoms with Crippen LogP contribution in [0.5, 0.6) is 0 Å². The Kier molecular flexibility index (Phi) is 9.56. The van der Waals surface area contributed by atoms with Crippen molar-refractivity contribution in [3.8, 4) is 0 Å². The minimum atomic E-state index is -4.94. The fourth-order valence-electron chi connectivity index (χ4n) is 4.11. The number of aliphatic imine (C=N–C) groups is 1. The molecule has 0 aromatic heterocycles. The molecule has 1 unspecified atom stereocenters. The summed E-state index contributed by atoms with van der Waals surface area (Å²) in [5.74, 6) is -1.53. The van der Waals surface area contributed by atoms with E-state index in [4.69, 9.17) is 18.9 Å². The van der Waals surface area contributed by atoms with Crippen LogP contribution in [0.2, 0.25) is 0 Å². The number of para-hydroxylation sites is 1. The minimum absolute atomic E-state index is 0.0370. The van der Waals surface area contributed by atoms with E-state index in [1.807, 2.05) is 60.7 Å². The average Bonchev–Trinajstić information content (AvgIpc) is 2.93. The summed E-state index contributed by atoms with van der Waals surface area (Å²) in [5.41, 5.74) is 11.1. The SMILES string of the molecule is C[C@@H]1O[C@@H](OC(=Nc2ccccc2)C(F)(F)F)C(N=[N+]=[N-])[C@@H](OCc2ccccc2)[C@@H]1OCc1ccccc1. The molecule has 1 heterocycles. The van der Waals surface area contributed by atoms with Crippen LogP contribution >= 0.6 is 0 Å². The van der Waals surface area contributed by atoms with Crippen molar-refractivity contribution in [2.75, 3.05) is 0 Å². The van der Waals surface area contributed by atoms with Crippen molar-refractivity contribution in [3.05, 3.63) is 113 Å². The predicted octanol–water partition coefficient (Wildman–Crippen LogP) is 6.89. The fraction of sp³-hybridized carbons (Fsp3) is 0.321. The molecule has 3 aromatic rings. The van der Waals surface area contributed by atoms with Crippen molar-refractivity contribution in [1.29, 1.82) is 0 Å². The Morgan fingerprint density at radius 2 is 1.36 bits per heavy atom. The van der Waals surface area contributed by atoms with Crippen molar-refractivity contribution in [3.63, 3.8) is 0 Å². The van der Waals surface area contributed by atoms with Gasteiger partial charge < -0.3 is 18.9 Å². The smallest absolute Gasteiger partial charge is 0.444 e. The summed E-state index contributed by atoms with van der Waals surface area (Å²) >= 11 is 0. The molecule has 3 aromatic carbocycles. The first-order valence-corrected chi connectivity index (χ1v) is 12.2. The summed E-state index contributed by atoms with van der Waals surface area (Å²) in [5, 5.41) is 3.74. The zero-order chi connectivity index (χ0) is 27.7. The van der Waals surface area contributed by atoms with E-state index in [9.17, 15) is 18.7 Å². The van der Waals surface area contributed by atoms with E-state index in [0.717, 1.165) is 11.1 Å². The number of benzene rings is 3. The van der Waals surface area contributed by atoms with E-state index in [-0.39, 0.29) is 18.9 Å². The van der Waals surface area contributed by atoms with Crippen LogP contribution in [0.1, 0.15) is 18.1 Å². The van der Waals surface area contributed by atoms with Gasteiger partial charge in [-0.25, -0.2) is 4.99 Å². The van der Waals surface area contributed by atoms with Gasteiger partial charge >= 0.3 is 6.18 Å². The molecule has 1 saturated heterocycles. The van der Waals surface area contributed by atoms with E-state index in [1.165, 1.54) is 12.1 Å². The van der Waals surface area contributed by atoms with Gasteiger partial charge in [-0.2, -0.15) is 13.2 Å². The molecule has 0 N–H and O–H groups in total. The lowest BCUT2D eigenvalue weighted by molar-refractivity contribution is -0.260. The number of alkyl halides is 3. The van der Waals surface area contributed by atoms with Crippen LogP contribution in [0, 0.1) is 0 Å². The molecule has 0 spiro atoms. The van der Waals surface area contributed by atoms with Gasteiger partial charge in [0, 0.05) is 4.91 Å². The molecule has 11 heteroatoms. The van der Waals surface area contributed by atoms with Crippen LogP contribution in [0.4, 0.5) is 18.9 Å². The van der Waals surface area contributed by atoms with Crippen molar-refractivity contribution in [1.82, 2.24) is 0 Å². The van der Waals surface area contributed by atoms with Crippen molar-refractivity contribution < 1.29 is 32.1 Å². The van der Waals surface area contributed by atoms with Gasteiger partial charge in [0.05, 0.1) is 25.0 Å². The molecule has 1 fully saturated rings. The second-order valence-corrected chi connectivity index (χ2v) is 8.80. The molecule has 39 heavy (non-hydrogen) atoms. The van der Waals surface area contributed by atoms with Crippen LogP contribution in [0.3, 0.4) is 0 Å². The number of ether oxygens (including phenoxy) is 4. The number of hydrogen-bond acceptors (Lipinski definition) is 6. The van der Waals surface area contributed by atoms with Gasteiger partial charge in [-0.15, -0.1) is 0 Å². The topological polar surface area (TPSA) is 98.0 Å². The van der Waals surface area contributed by atoms with E-state index in [1.54, 1.807) is 25.1 Å². The van der Waals surface area contributed by atoms with Gasteiger partial charge in [-0.05, 0) is 35.7 Å². The highest BCUT2D eigenvalue weighted by atomic mass is 19.4. The van der Waals surface area contributed by atoms with E-state index >= 15 is 0 Å². The Hall–Kier alpha value is -3.89. The number of hydrogen-bond donors (Lipinski definition) is 0. The Labute approximate surface area is 223 Å². The molecule has 0 bridgehead atoms. The van der Waals surface area contributed by atoms with Crippen molar-refractivity contribution >= 4 is 11.6 Å². The highest BCUT2D eigenvalue weighted by Crippen LogP contribution is 2.33. The number of halogens is 3. The number of rotatable bonds is 9. The molecule has 0 saturated carbocycles. The molecular weight excluding hydrogens is 513 g/mol. The van der Waals surface area contributed by atoms with Gasteiger partial charge in [0.25, 0.3) is 5.90 Å². The van der Waals surface area contributed by atoms with Crippen molar-refractivity contribution in [2.24, 2.45) is 10.1 Å². The Bertz CT molecular complexity index is 1260. The third-order valence-electron chi connectivity index (χ3n) is 5.96. The predicted molar refractivity (Wildman–Crippen MR) is 138 cm³/mol. The number of nitrogens with zero attached hydrogens (tertiary/aromatic N) is 4. The molecule has 0 amide bonds. The standard InChI is InChI=1S/C28H27F3N4O4/c1-19-24(36-17-20-11-5-2-6-12-20)25(37-18-21-13-7-3-8-14-21)23(34-35-32)26(38-19)39-27(28(29,30)31)33-22-15-9-4-10-16-22/h2-16,19,23-26H,17-18H2,1H3/t19-,23?,24+,25+,26-/m0/s1. The summed E-state index contributed by atoms with van der Waals surface area (Å²) < 4.78 is 65.3. The second-order valence-electron chi connectivity index (χ2n) is 8.80. The normalized spacial score (nSPS) is 23.6. The second kappa shape index (κ2) is 13.3. The molecule has 0 aliphatic carbocycles. The van der Waals surface area contributed by atoms with Crippen LogP contribution in [-0.2, 0) is 32.2 Å². The quantitative estimate of drug-likeness (QED) is 0.0970. The van der Waals surface area contributed by atoms with E-state index < -0.39 is 42.7 Å². The summed E-state index contributed by atoms with van der Waals surface area (Å²) in [6.07, 6.45) is -9.15. The Morgan fingerprint density at radius 3 is 1.87 bits per heavy atom. The monoisotopic (exact) mass is 540 g/mol. The maximum Gasteiger partial charge on any atom is 0.468 e. The molecule has 8 nitrogen and oxygen atoms in total. The van der Waals surface area contributed by atoms with Crippen LogP contribution in [0.25, 0.3) is 10.4 Å². The van der Waals surface area contributed by atoms with Crippen molar-refractivity contribution in [2.45, 2.75) is 57.0 Å². The third-order valence-corrected chi connectivity index (χ3v) is 5.96. The summed E-state index contributed by atoms with van der Waals surface area (Å²) in [6.45, 7) is 1.92. The lowest BCUT2D eigenvalue weighted by Crippen LogP contribution is -2.59. The van der Waals surface area contributed by atoms with Gasteiger partial charge in [0.2, 0.25) is 6.29 Å². The number of azide groups is 1. The Morgan fingerprint density at radius 1 is 0.846 bits per heavy atom. The van der Waals surface area contributed by atoms with Gasteiger partial charge in [-0.1, -0.05) is 84.0 Å². The third kappa shape index (κ3) is 7.81. The Balaban J connectivity index is 1.63. The van der Waals surface area contributed by atoms with Gasteiger partial charge in [0.15, 0.2) is 0 Å². The molecule has 5 atom stereocenters. The summed E-state index contributed by atoms with van der Waals surface area (Å²) in [7, 11) is 0. The first kappa shape index (κ1) is 28.1. The van der Waals surface area contributed by atoms with E-state index in [2.05, 4.69) is 15.0 Å². The highest BCUT2D eigenvalue weighted by Gasteiger charge is 2.50. The maximum atomic E-state index is 14.0. The molecule has 204 valence electrons. The fourth-order valence-corrected chi connectivity index (χ4v) is 4.11. The average molecular weight is 541 g/mol. The molecule has 1 aliphatic heterocycles. The summed E-state index contributed by atoms with van der Waals surface area (Å²) in [6, 6.07) is 24.8. The van der Waals surface area contributed by atoms with E-state index in [0.29, 0.717) is 0 Å². The zero-order valence-electron chi connectivity index (χ0n) is 21.0. The zero-order valence-corrected chi connectivity index (χ0v) is 21.0.